The Morgan fingerprint density at radius 3 is 2.56 bits per heavy atom. The van der Waals surface area contributed by atoms with E-state index in [1.807, 2.05) is 0 Å². The van der Waals surface area contributed by atoms with Crippen molar-refractivity contribution in [2.45, 2.75) is 25.4 Å². The molecule has 5 nitrogen and oxygen atoms in total. The van der Waals surface area contributed by atoms with Gasteiger partial charge in [0.25, 0.3) is 0 Å². The highest BCUT2D eigenvalue weighted by Crippen LogP contribution is 2.07. The van der Waals surface area contributed by atoms with Crippen molar-refractivity contribution in [1.29, 1.82) is 0 Å². The van der Waals surface area contributed by atoms with Crippen LogP contribution in [0.5, 0.6) is 0 Å². The van der Waals surface area contributed by atoms with E-state index in [1.165, 1.54) is 0 Å². The standard InChI is InChI=1S/C10H19NO4S/c1-16(13,14)7-4-9(12)8-15-10-2-5-11-6-3-10/h10-11H,2-8H2,1H3. The highest BCUT2D eigenvalue weighted by Gasteiger charge is 2.15. The van der Waals surface area contributed by atoms with Crippen molar-refractivity contribution in [3.05, 3.63) is 0 Å². The molecule has 0 aromatic carbocycles. The fraction of sp³-hybridized carbons (Fsp3) is 0.900. The summed E-state index contributed by atoms with van der Waals surface area (Å²) in [6, 6.07) is 0. The summed E-state index contributed by atoms with van der Waals surface area (Å²) in [5.74, 6) is -0.217. The average Bonchev–Trinajstić information content (AvgIpc) is 2.24. The van der Waals surface area contributed by atoms with Gasteiger partial charge in [-0.3, -0.25) is 4.79 Å². The maximum Gasteiger partial charge on any atom is 0.159 e. The SMILES string of the molecule is CS(=O)(=O)CCC(=O)COC1CCNCC1. The van der Waals surface area contributed by atoms with Crippen LogP contribution in [0.2, 0.25) is 0 Å². The molecule has 16 heavy (non-hydrogen) atoms. The summed E-state index contributed by atoms with van der Waals surface area (Å²) in [5.41, 5.74) is 0. The zero-order valence-electron chi connectivity index (χ0n) is 9.57. The van der Waals surface area contributed by atoms with E-state index >= 15 is 0 Å². The normalized spacial score (nSPS) is 18.6. The van der Waals surface area contributed by atoms with E-state index in [4.69, 9.17) is 4.74 Å². The first-order valence-electron chi connectivity index (χ1n) is 5.49. The highest BCUT2D eigenvalue weighted by atomic mass is 32.2. The van der Waals surface area contributed by atoms with Gasteiger partial charge >= 0.3 is 0 Å². The molecule has 1 aliphatic rings. The van der Waals surface area contributed by atoms with Crippen molar-refractivity contribution >= 4 is 15.6 Å². The first-order valence-corrected chi connectivity index (χ1v) is 7.55. The third-order valence-corrected chi connectivity index (χ3v) is 3.46. The van der Waals surface area contributed by atoms with Crippen LogP contribution < -0.4 is 5.32 Å². The lowest BCUT2D eigenvalue weighted by Crippen LogP contribution is -2.33. The number of carbonyl (C=O) groups is 1. The summed E-state index contributed by atoms with van der Waals surface area (Å²) in [5, 5.41) is 3.20. The summed E-state index contributed by atoms with van der Waals surface area (Å²) >= 11 is 0. The lowest BCUT2D eigenvalue weighted by molar-refractivity contribution is -0.125. The maximum absolute atomic E-state index is 11.3. The molecule has 0 spiro atoms. The second-order valence-electron chi connectivity index (χ2n) is 4.18. The molecule has 6 heteroatoms. The maximum atomic E-state index is 11.3. The smallest absolute Gasteiger partial charge is 0.159 e. The molecular weight excluding hydrogens is 230 g/mol. The number of hydrogen-bond donors (Lipinski definition) is 1. The topological polar surface area (TPSA) is 72.5 Å². The Hall–Kier alpha value is -0.460. The number of carbonyl (C=O) groups excluding carboxylic acids is 1. The number of ketones is 1. The van der Waals surface area contributed by atoms with Crippen molar-refractivity contribution in [2.75, 3.05) is 31.7 Å². The second-order valence-corrected chi connectivity index (χ2v) is 6.44. The van der Waals surface area contributed by atoms with Gasteiger partial charge in [-0.25, -0.2) is 8.42 Å². The summed E-state index contributed by atoms with van der Waals surface area (Å²) < 4.78 is 27.1. The first-order chi connectivity index (χ1) is 7.47. The van der Waals surface area contributed by atoms with Crippen LogP contribution in [0.3, 0.4) is 0 Å². The molecule has 0 aromatic heterocycles. The van der Waals surface area contributed by atoms with Crippen LogP contribution >= 0.6 is 0 Å². The van der Waals surface area contributed by atoms with Crippen LogP contribution in [0, 0.1) is 0 Å². The number of sulfone groups is 1. The number of piperidine rings is 1. The third-order valence-electron chi connectivity index (χ3n) is 2.52. The van der Waals surface area contributed by atoms with E-state index in [-0.39, 0.29) is 30.7 Å². The lowest BCUT2D eigenvalue weighted by Gasteiger charge is -2.22. The van der Waals surface area contributed by atoms with Crippen LogP contribution in [-0.4, -0.2) is 52.0 Å². The van der Waals surface area contributed by atoms with Gasteiger partial charge in [-0.2, -0.15) is 0 Å². The Kier molecular flexibility index (Phi) is 5.37. The largest absolute Gasteiger partial charge is 0.370 e. The number of ether oxygens (including phenoxy) is 1. The van der Waals surface area contributed by atoms with Crippen molar-refractivity contribution in [3.8, 4) is 0 Å². The summed E-state index contributed by atoms with van der Waals surface area (Å²) in [6.07, 6.45) is 3.17. The summed E-state index contributed by atoms with van der Waals surface area (Å²) in [7, 11) is -3.05. The van der Waals surface area contributed by atoms with Crippen LogP contribution in [0.4, 0.5) is 0 Å². The van der Waals surface area contributed by atoms with Crippen LogP contribution in [0.25, 0.3) is 0 Å². The molecule has 1 saturated heterocycles. The quantitative estimate of drug-likeness (QED) is 0.703. The molecule has 0 amide bonds. The van der Waals surface area contributed by atoms with Gasteiger partial charge in [-0.1, -0.05) is 0 Å². The van der Waals surface area contributed by atoms with Gasteiger partial charge in [0.05, 0.1) is 11.9 Å². The average molecular weight is 249 g/mol. The molecule has 0 aromatic rings. The third kappa shape index (κ3) is 6.19. The number of hydrogen-bond acceptors (Lipinski definition) is 5. The van der Waals surface area contributed by atoms with Crippen molar-refractivity contribution in [2.24, 2.45) is 0 Å². The fourth-order valence-electron chi connectivity index (χ4n) is 1.54. The Labute approximate surface area is 96.5 Å². The van der Waals surface area contributed by atoms with Crippen LogP contribution in [-0.2, 0) is 19.4 Å². The lowest BCUT2D eigenvalue weighted by atomic mass is 10.1. The molecule has 1 fully saturated rings. The van der Waals surface area contributed by atoms with Crippen molar-refractivity contribution in [1.82, 2.24) is 5.32 Å². The molecule has 0 unspecified atom stereocenters. The Bertz CT molecular complexity index is 320. The van der Waals surface area contributed by atoms with E-state index in [0.29, 0.717) is 0 Å². The van der Waals surface area contributed by atoms with E-state index < -0.39 is 9.84 Å². The zero-order valence-corrected chi connectivity index (χ0v) is 10.4. The van der Waals surface area contributed by atoms with Crippen LogP contribution in [0.1, 0.15) is 19.3 Å². The van der Waals surface area contributed by atoms with E-state index in [2.05, 4.69) is 5.32 Å². The van der Waals surface area contributed by atoms with Gasteiger partial charge in [0.2, 0.25) is 0 Å². The monoisotopic (exact) mass is 249 g/mol. The van der Waals surface area contributed by atoms with Gasteiger partial charge in [0.1, 0.15) is 16.4 Å². The predicted octanol–water partition coefficient (Wildman–Crippen LogP) is -0.241. The molecule has 94 valence electrons. The molecule has 0 bridgehead atoms. The number of nitrogens with one attached hydrogen (secondary N) is 1. The Morgan fingerprint density at radius 1 is 1.38 bits per heavy atom. The molecule has 1 heterocycles. The number of Topliss-reactive ketones (excluding diaryl/α,β-unsaturated/α-hetero) is 1. The summed E-state index contributed by atoms with van der Waals surface area (Å²) in [6.45, 7) is 1.88. The number of rotatable bonds is 6. The molecular formula is C10H19NO4S. The molecule has 1 N–H and O–H groups in total. The van der Waals surface area contributed by atoms with E-state index in [1.54, 1.807) is 0 Å². The fourth-order valence-corrected chi connectivity index (χ4v) is 2.14. The van der Waals surface area contributed by atoms with Gasteiger partial charge in [-0.15, -0.1) is 0 Å². The molecule has 1 rings (SSSR count). The molecule has 0 aliphatic carbocycles. The summed E-state index contributed by atoms with van der Waals surface area (Å²) in [4.78, 5) is 11.3. The molecule has 1 aliphatic heterocycles. The molecule has 0 saturated carbocycles. The van der Waals surface area contributed by atoms with Gasteiger partial charge < -0.3 is 10.1 Å². The van der Waals surface area contributed by atoms with Crippen molar-refractivity contribution < 1.29 is 17.9 Å². The van der Waals surface area contributed by atoms with Gasteiger partial charge in [-0.05, 0) is 25.9 Å². The molecule has 0 atom stereocenters. The minimum absolute atomic E-state index is 0.0419. The van der Waals surface area contributed by atoms with Gasteiger partial charge in [0.15, 0.2) is 5.78 Å². The predicted molar refractivity (Wildman–Crippen MR) is 61.2 cm³/mol. The second kappa shape index (κ2) is 6.32. The molecule has 0 radical (unpaired) electrons. The van der Waals surface area contributed by atoms with Crippen LogP contribution in [0.15, 0.2) is 0 Å². The highest BCUT2D eigenvalue weighted by molar-refractivity contribution is 7.90. The van der Waals surface area contributed by atoms with Gasteiger partial charge in [0, 0.05) is 12.7 Å². The Morgan fingerprint density at radius 2 is 2.00 bits per heavy atom. The Balaban J connectivity index is 2.14. The minimum Gasteiger partial charge on any atom is -0.370 e. The first kappa shape index (κ1) is 13.6. The van der Waals surface area contributed by atoms with E-state index in [9.17, 15) is 13.2 Å². The van der Waals surface area contributed by atoms with Crippen molar-refractivity contribution in [3.63, 3.8) is 0 Å². The zero-order chi connectivity index (χ0) is 12.0. The minimum atomic E-state index is -3.05. The van der Waals surface area contributed by atoms with E-state index in [0.717, 1.165) is 32.2 Å².